The number of aromatic carboxylic acids is 1. The Morgan fingerprint density at radius 3 is 2.71 bits per heavy atom. The second kappa shape index (κ2) is 5.67. The highest BCUT2D eigenvalue weighted by atomic mass is 16.5. The third-order valence-corrected chi connectivity index (χ3v) is 2.37. The quantitative estimate of drug-likeness (QED) is 0.745. The number of hydrogen-bond donors (Lipinski definition) is 1. The van der Waals surface area contributed by atoms with Gasteiger partial charge in [0, 0.05) is 13.6 Å². The molecule has 0 saturated heterocycles. The predicted molar refractivity (Wildman–Crippen MR) is 63.6 cm³/mol. The van der Waals surface area contributed by atoms with Gasteiger partial charge in [-0.2, -0.15) is 5.10 Å². The average Bonchev–Trinajstić information content (AvgIpc) is 2.48. The number of carboxylic acid groups (broad SMARTS) is 1. The number of carboxylic acids is 1. The van der Waals surface area contributed by atoms with Crippen LogP contribution in [0.4, 0.5) is 0 Å². The first kappa shape index (κ1) is 13.5. The number of ether oxygens (including phenoxy) is 1. The van der Waals surface area contributed by atoms with E-state index in [0.717, 1.165) is 13.0 Å². The van der Waals surface area contributed by atoms with Gasteiger partial charge in [-0.15, -0.1) is 0 Å². The molecule has 0 fully saturated rings. The fourth-order valence-corrected chi connectivity index (χ4v) is 1.60. The van der Waals surface area contributed by atoms with Crippen LogP contribution >= 0.6 is 0 Å². The van der Waals surface area contributed by atoms with Crippen LogP contribution in [0.3, 0.4) is 0 Å². The zero-order valence-corrected chi connectivity index (χ0v) is 10.7. The lowest BCUT2D eigenvalue weighted by Gasteiger charge is -2.10. The topological polar surface area (TPSA) is 67.6 Å². The lowest BCUT2D eigenvalue weighted by molar-refractivity contribution is 0.0690. The number of hydrogen-bond acceptors (Lipinski definition) is 4. The van der Waals surface area contributed by atoms with Gasteiger partial charge in [-0.3, -0.25) is 0 Å². The minimum atomic E-state index is -1.00. The smallest absolute Gasteiger partial charge is 0.343 e. The maximum Gasteiger partial charge on any atom is 0.343 e. The molecule has 0 amide bonds. The molecular weight excluding hydrogens is 222 g/mol. The molecule has 6 heteroatoms. The molecule has 0 aliphatic carbocycles. The Bertz CT molecular complexity index is 399. The molecule has 1 aromatic rings. The number of aromatic nitrogens is 2. The van der Waals surface area contributed by atoms with Crippen LogP contribution in [0.25, 0.3) is 0 Å². The summed E-state index contributed by atoms with van der Waals surface area (Å²) in [6.45, 7) is 3.05. The maximum atomic E-state index is 11.1. The van der Waals surface area contributed by atoms with E-state index in [4.69, 9.17) is 9.84 Å². The fourth-order valence-electron chi connectivity index (χ4n) is 1.60. The summed E-state index contributed by atoms with van der Waals surface area (Å²) in [4.78, 5) is 13.1. The lowest BCUT2D eigenvalue weighted by Crippen LogP contribution is -2.16. The van der Waals surface area contributed by atoms with Gasteiger partial charge in [0.05, 0.1) is 12.3 Å². The van der Waals surface area contributed by atoms with Crippen LogP contribution in [-0.4, -0.2) is 53.0 Å². The standard InChI is InChI=1S/C11H19N3O3/c1-8-9(11(15)16)10(14(4)12-8)17-7-5-6-13(2)3/h5-7H2,1-4H3,(H,15,16). The third-order valence-electron chi connectivity index (χ3n) is 2.37. The first-order valence-corrected chi connectivity index (χ1v) is 5.48. The molecule has 0 unspecified atom stereocenters. The van der Waals surface area contributed by atoms with Gasteiger partial charge in [-0.25, -0.2) is 9.48 Å². The van der Waals surface area contributed by atoms with Crippen LogP contribution in [-0.2, 0) is 7.05 Å². The molecule has 0 saturated carbocycles. The minimum Gasteiger partial charge on any atom is -0.477 e. The van der Waals surface area contributed by atoms with E-state index in [2.05, 4.69) is 10.00 Å². The Kier molecular flexibility index (Phi) is 4.51. The summed E-state index contributed by atoms with van der Waals surface area (Å²) >= 11 is 0. The van der Waals surface area contributed by atoms with E-state index >= 15 is 0 Å². The van der Waals surface area contributed by atoms with E-state index < -0.39 is 5.97 Å². The summed E-state index contributed by atoms with van der Waals surface area (Å²) in [6.07, 6.45) is 0.844. The highest BCUT2D eigenvalue weighted by Crippen LogP contribution is 2.21. The van der Waals surface area contributed by atoms with Crippen molar-refractivity contribution in [3.05, 3.63) is 11.3 Å². The summed E-state index contributed by atoms with van der Waals surface area (Å²) in [5.41, 5.74) is 0.625. The van der Waals surface area contributed by atoms with Gasteiger partial charge in [0.2, 0.25) is 5.88 Å². The van der Waals surface area contributed by atoms with Crippen LogP contribution in [0, 0.1) is 6.92 Å². The molecule has 0 aliphatic heterocycles. The number of aryl methyl sites for hydroxylation is 2. The molecule has 1 aromatic heterocycles. The van der Waals surface area contributed by atoms with Gasteiger partial charge in [0.15, 0.2) is 0 Å². The first-order chi connectivity index (χ1) is 7.93. The Morgan fingerprint density at radius 2 is 2.18 bits per heavy atom. The van der Waals surface area contributed by atoms with Gasteiger partial charge < -0.3 is 14.7 Å². The molecule has 0 atom stereocenters. The molecule has 0 spiro atoms. The Morgan fingerprint density at radius 1 is 1.53 bits per heavy atom. The Balaban J connectivity index is 2.67. The van der Waals surface area contributed by atoms with Crippen LogP contribution in [0.15, 0.2) is 0 Å². The molecule has 0 aliphatic rings. The minimum absolute atomic E-state index is 0.150. The van der Waals surface area contributed by atoms with Crippen molar-refractivity contribution in [1.29, 1.82) is 0 Å². The summed E-state index contributed by atoms with van der Waals surface area (Å²) in [5, 5.41) is 13.1. The van der Waals surface area contributed by atoms with Crippen molar-refractivity contribution in [1.82, 2.24) is 14.7 Å². The highest BCUT2D eigenvalue weighted by molar-refractivity contribution is 5.91. The van der Waals surface area contributed by atoms with Crippen molar-refractivity contribution in [2.45, 2.75) is 13.3 Å². The molecule has 6 nitrogen and oxygen atoms in total. The largest absolute Gasteiger partial charge is 0.477 e. The monoisotopic (exact) mass is 241 g/mol. The van der Waals surface area contributed by atoms with Crippen molar-refractivity contribution in [2.24, 2.45) is 7.05 Å². The van der Waals surface area contributed by atoms with Crippen molar-refractivity contribution in [3.8, 4) is 5.88 Å². The van der Waals surface area contributed by atoms with Gasteiger partial charge in [-0.05, 0) is 27.4 Å². The van der Waals surface area contributed by atoms with E-state index in [-0.39, 0.29) is 5.56 Å². The third kappa shape index (κ3) is 3.45. The van der Waals surface area contributed by atoms with Crippen molar-refractivity contribution < 1.29 is 14.6 Å². The second-order valence-electron chi connectivity index (χ2n) is 4.20. The van der Waals surface area contributed by atoms with E-state index in [0.29, 0.717) is 18.2 Å². The van der Waals surface area contributed by atoms with Crippen LogP contribution < -0.4 is 4.74 Å². The van der Waals surface area contributed by atoms with Gasteiger partial charge >= 0.3 is 5.97 Å². The van der Waals surface area contributed by atoms with Crippen molar-refractivity contribution >= 4 is 5.97 Å². The van der Waals surface area contributed by atoms with Crippen molar-refractivity contribution in [3.63, 3.8) is 0 Å². The molecule has 0 aromatic carbocycles. The molecule has 17 heavy (non-hydrogen) atoms. The zero-order valence-electron chi connectivity index (χ0n) is 10.7. The molecular formula is C11H19N3O3. The predicted octanol–water partition coefficient (Wildman–Crippen LogP) is 0.757. The number of carbonyl (C=O) groups is 1. The number of rotatable bonds is 6. The molecule has 96 valence electrons. The molecule has 0 radical (unpaired) electrons. The van der Waals surface area contributed by atoms with Gasteiger partial charge in [-0.1, -0.05) is 0 Å². The van der Waals surface area contributed by atoms with Crippen molar-refractivity contribution in [2.75, 3.05) is 27.2 Å². The Labute approximate surface area is 101 Å². The summed E-state index contributed by atoms with van der Waals surface area (Å²) in [6, 6.07) is 0. The zero-order chi connectivity index (χ0) is 13.0. The van der Waals surface area contributed by atoms with E-state index in [1.54, 1.807) is 14.0 Å². The van der Waals surface area contributed by atoms with Crippen LogP contribution in [0.1, 0.15) is 22.5 Å². The van der Waals surface area contributed by atoms with Gasteiger partial charge in [0.1, 0.15) is 5.56 Å². The van der Waals surface area contributed by atoms with E-state index in [1.165, 1.54) is 4.68 Å². The molecule has 1 rings (SSSR count). The number of nitrogens with zero attached hydrogens (tertiary/aromatic N) is 3. The average molecular weight is 241 g/mol. The SMILES string of the molecule is Cc1nn(C)c(OCCCN(C)C)c1C(=O)O. The van der Waals surface area contributed by atoms with Gasteiger partial charge in [0.25, 0.3) is 0 Å². The fraction of sp³-hybridized carbons (Fsp3) is 0.636. The molecule has 1 N–H and O–H groups in total. The summed E-state index contributed by atoms with van der Waals surface area (Å²) < 4.78 is 6.96. The van der Waals surface area contributed by atoms with E-state index in [9.17, 15) is 4.79 Å². The molecule has 0 bridgehead atoms. The van der Waals surface area contributed by atoms with Crippen LogP contribution in [0.5, 0.6) is 5.88 Å². The van der Waals surface area contributed by atoms with E-state index in [1.807, 2.05) is 14.1 Å². The highest BCUT2D eigenvalue weighted by Gasteiger charge is 2.20. The lowest BCUT2D eigenvalue weighted by atomic mass is 10.2. The first-order valence-electron chi connectivity index (χ1n) is 5.48. The second-order valence-corrected chi connectivity index (χ2v) is 4.20. The summed E-state index contributed by atoms with van der Waals surface area (Å²) in [5.74, 6) is -0.674. The summed E-state index contributed by atoms with van der Waals surface area (Å²) in [7, 11) is 5.65. The maximum absolute atomic E-state index is 11.1. The molecule has 1 heterocycles. The Hall–Kier alpha value is -1.56. The van der Waals surface area contributed by atoms with Crippen LogP contribution in [0.2, 0.25) is 0 Å². The normalized spacial score (nSPS) is 10.9.